The molecule has 0 heterocycles. The van der Waals surface area contributed by atoms with Crippen molar-refractivity contribution in [2.75, 3.05) is 0 Å². The van der Waals surface area contributed by atoms with Crippen molar-refractivity contribution in [1.82, 2.24) is 0 Å². The van der Waals surface area contributed by atoms with E-state index in [1.807, 2.05) is 0 Å². The Bertz CT molecular complexity index is 6.00. The second-order valence-corrected chi connectivity index (χ2v) is 0. The molecule has 0 aliphatic rings. The molecular weight excluding hydrogens is 97.4 g/mol. The minimum atomic E-state index is 0. The molecule has 4 heavy (non-hydrogen) atoms. The van der Waals surface area contributed by atoms with Crippen molar-refractivity contribution < 1.29 is 64.6 Å². The van der Waals surface area contributed by atoms with E-state index in [4.69, 9.17) is 0 Å². The van der Waals surface area contributed by atoms with Gasteiger partial charge in [0.15, 0.2) is 0 Å². The van der Waals surface area contributed by atoms with Crippen LogP contribution >= 0.6 is 12.4 Å². The van der Waals surface area contributed by atoms with Gasteiger partial charge in [0.1, 0.15) is 0 Å². The Morgan fingerprint density at radius 2 is 0.750 bits per heavy atom. The summed E-state index contributed by atoms with van der Waals surface area (Å²) in [6, 6.07) is 0. The molecule has 16 valence electrons. The fraction of sp³-hybridized carbons (Fsp3) is 0. The van der Waals surface area contributed by atoms with Gasteiger partial charge in [0.05, 0.1) is 0 Å². The van der Waals surface area contributed by atoms with Gasteiger partial charge in [0, 0.05) is 0 Å². The Labute approximate surface area is 75.8 Å². The zero-order chi connectivity index (χ0) is 0. The van der Waals surface area contributed by atoms with Crippen LogP contribution in [0.2, 0.25) is 0 Å². The minimum Gasteiger partial charge on any atom is -2.00 e. The van der Waals surface area contributed by atoms with E-state index in [0.717, 1.165) is 0 Å². The molecule has 0 atom stereocenters. The van der Waals surface area contributed by atoms with Crippen LogP contribution in [0.3, 0.4) is 0 Å². The molecular formula is HClNa2O. The zero-order valence-electron chi connectivity index (χ0n) is 2.82. The van der Waals surface area contributed by atoms with E-state index in [9.17, 15) is 0 Å². The van der Waals surface area contributed by atoms with Crippen LogP contribution in [-0.4, -0.2) is 0 Å². The molecule has 0 aromatic heterocycles. The molecule has 0 N–H and O–H groups in total. The van der Waals surface area contributed by atoms with Crippen LogP contribution in [0.15, 0.2) is 0 Å². The van der Waals surface area contributed by atoms with E-state index in [1.165, 1.54) is 0 Å². The molecule has 0 unspecified atom stereocenters. The Balaban J connectivity index is 0. The second kappa shape index (κ2) is 18.7. The Kier molecular flexibility index (Phi) is 159. The van der Waals surface area contributed by atoms with Gasteiger partial charge in [-0.15, -0.1) is 12.4 Å². The normalized spacial score (nSPS) is 0. The molecule has 0 aliphatic heterocycles. The fourth-order valence-corrected chi connectivity index (χ4v) is 0. The molecule has 0 radical (unpaired) electrons. The first-order valence-corrected chi connectivity index (χ1v) is 0. The van der Waals surface area contributed by atoms with Crippen LogP contribution in [0.1, 0.15) is 0 Å². The van der Waals surface area contributed by atoms with E-state index in [0.29, 0.717) is 0 Å². The van der Waals surface area contributed by atoms with Crippen molar-refractivity contribution in [3.63, 3.8) is 0 Å². The van der Waals surface area contributed by atoms with Gasteiger partial charge >= 0.3 is 59.1 Å². The monoisotopic (exact) mass is 98.0 g/mol. The van der Waals surface area contributed by atoms with Gasteiger partial charge in [0.2, 0.25) is 0 Å². The smallest absolute Gasteiger partial charge is 1.00 e. The largest absolute Gasteiger partial charge is 2.00 e. The summed E-state index contributed by atoms with van der Waals surface area (Å²) in [6.45, 7) is 0. The predicted octanol–water partition coefficient (Wildman–Crippen LogP) is -5.69. The fourth-order valence-electron chi connectivity index (χ4n) is 0. The quantitative estimate of drug-likeness (QED) is 0.270. The van der Waals surface area contributed by atoms with Crippen LogP contribution in [-0.2, 0) is 5.48 Å². The molecule has 0 saturated heterocycles. The summed E-state index contributed by atoms with van der Waals surface area (Å²) in [5.74, 6) is 0. The molecule has 0 amide bonds. The van der Waals surface area contributed by atoms with Crippen molar-refractivity contribution in [3.05, 3.63) is 0 Å². The summed E-state index contributed by atoms with van der Waals surface area (Å²) in [6.07, 6.45) is 0. The maximum absolute atomic E-state index is 0. The van der Waals surface area contributed by atoms with Crippen molar-refractivity contribution in [1.29, 1.82) is 0 Å². The van der Waals surface area contributed by atoms with Crippen LogP contribution in [0, 0.1) is 0 Å². The third kappa shape index (κ3) is 8.87. The maximum atomic E-state index is 0. The minimum absolute atomic E-state index is 0. The maximum Gasteiger partial charge on any atom is 1.00 e. The molecule has 0 rings (SSSR count). The predicted molar refractivity (Wildman–Crippen MR) is 7.93 cm³/mol. The molecule has 0 saturated carbocycles. The van der Waals surface area contributed by atoms with Crippen LogP contribution in [0.4, 0.5) is 0 Å². The van der Waals surface area contributed by atoms with E-state index in [2.05, 4.69) is 0 Å². The first-order valence-electron chi connectivity index (χ1n) is 0. The summed E-state index contributed by atoms with van der Waals surface area (Å²) < 4.78 is 0. The van der Waals surface area contributed by atoms with Crippen LogP contribution < -0.4 is 59.1 Å². The molecule has 1 nitrogen and oxygen atoms in total. The molecule has 0 aromatic carbocycles. The number of hydrogen-bond acceptors (Lipinski definition) is 0. The van der Waals surface area contributed by atoms with Gasteiger partial charge in [-0.2, -0.15) is 0 Å². The Morgan fingerprint density at radius 3 is 0.750 bits per heavy atom. The SMILES string of the molecule is Cl.[Na+].[Na+].[O-2]. The molecule has 0 fully saturated rings. The van der Waals surface area contributed by atoms with Gasteiger partial charge in [0.25, 0.3) is 0 Å². The van der Waals surface area contributed by atoms with E-state index in [-0.39, 0.29) is 77.0 Å². The molecule has 4 heteroatoms. The molecule has 0 aliphatic carbocycles. The Morgan fingerprint density at radius 1 is 0.750 bits per heavy atom. The molecule has 0 aromatic rings. The number of halogens is 1. The average Bonchev–Trinajstić information content (AvgIpc) is 0. The van der Waals surface area contributed by atoms with Crippen molar-refractivity contribution >= 4 is 12.4 Å². The van der Waals surface area contributed by atoms with Gasteiger partial charge in [-0.25, -0.2) is 0 Å². The van der Waals surface area contributed by atoms with E-state index < -0.39 is 0 Å². The average molecular weight is 98.4 g/mol. The summed E-state index contributed by atoms with van der Waals surface area (Å²) in [5.41, 5.74) is 0. The topological polar surface area (TPSA) is 28.5 Å². The first kappa shape index (κ1) is 34.0. The first-order chi connectivity index (χ1) is 0. The summed E-state index contributed by atoms with van der Waals surface area (Å²) in [4.78, 5) is 0. The van der Waals surface area contributed by atoms with Gasteiger partial charge in [-0.05, 0) is 0 Å². The standard InChI is InChI=1S/ClH.2Na.O/h1H;;;/q;2*+1;-2. The zero-order valence-corrected chi connectivity index (χ0v) is 7.63. The summed E-state index contributed by atoms with van der Waals surface area (Å²) in [7, 11) is 0. The molecule has 0 spiro atoms. The van der Waals surface area contributed by atoms with Crippen molar-refractivity contribution in [2.24, 2.45) is 0 Å². The third-order valence-corrected chi connectivity index (χ3v) is 0. The number of hydrogen-bond donors (Lipinski definition) is 0. The van der Waals surface area contributed by atoms with Gasteiger partial charge < -0.3 is 5.48 Å². The van der Waals surface area contributed by atoms with Crippen LogP contribution in [0.25, 0.3) is 0 Å². The van der Waals surface area contributed by atoms with E-state index >= 15 is 0 Å². The van der Waals surface area contributed by atoms with Crippen molar-refractivity contribution in [3.8, 4) is 0 Å². The summed E-state index contributed by atoms with van der Waals surface area (Å²) in [5, 5.41) is 0. The summed E-state index contributed by atoms with van der Waals surface area (Å²) >= 11 is 0. The van der Waals surface area contributed by atoms with Gasteiger partial charge in [-0.3, -0.25) is 0 Å². The second-order valence-electron chi connectivity index (χ2n) is 0. The Hall–Kier alpha value is 2.25. The van der Waals surface area contributed by atoms with Gasteiger partial charge in [-0.1, -0.05) is 0 Å². The third-order valence-electron chi connectivity index (χ3n) is 0. The van der Waals surface area contributed by atoms with E-state index in [1.54, 1.807) is 0 Å². The number of rotatable bonds is 0. The van der Waals surface area contributed by atoms with Crippen LogP contribution in [0.5, 0.6) is 0 Å². The molecule has 0 bridgehead atoms. The van der Waals surface area contributed by atoms with Crippen molar-refractivity contribution in [2.45, 2.75) is 0 Å².